The van der Waals surface area contributed by atoms with E-state index in [-0.39, 0.29) is 27.9 Å². The number of aromatic nitrogens is 2. The van der Waals surface area contributed by atoms with Gasteiger partial charge in [0, 0.05) is 17.0 Å². The van der Waals surface area contributed by atoms with Crippen LogP contribution in [0.1, 0.15) is 10.4 Å². The van der Waals surface area contributed by atoms with Gasteiger partial charge < -0.3 is 15.2 Å². The second-order valence-electron chi connectivity index (χ2n) is 4.85. The van der Waals surface area contributed by atoms with E-state index in [2.05, 4.69) is 15.3 Å². The number of hydrogen-bond donors (Lipinski definition) is 2. The molecule has 6 nitrogen and oxygen atoms in total. The highest BCUT2D eigenvalue weighted by atomic mass is 35.5. The Morgan fingerprint density at radius 1 is 1.29 bits per heavy atom. The van der Waals surface area contributed by atoms with Gasteiger partial charge in [-0.1, -0.05) is 11.6 Å². The summed E-state index contributed by atoms with van der Waals surface area (Å²) in [5.74, 6) is -0.794. The van der Waals surface area contributed by atoms with E-state index in [4.69, 9.17) is 16.3 Å². The lowest BCUT2D eigenvalue weighted by atomic mass is 10.2. The van der Waals surface area contributed by atoms with Crippen molar-refractivity contribution in [3.8, 4) is 11.5 Å². The zero-order chi connectivity index (χ0) is 17.3. The monoisotopic (exact) mass is 347 g/mol. The van der Waals surface area contributed by atoms with Gasteiger partial charge in [-0.2, -0.15) is 0 Å². The number of phenols is 1. The summed E-state index contributed by atoms with van der Waals surface area (Å²) >= 11 is 5.68. The SMILES string of the molecule is COc1cc2ncnc(NC(=O)c3ccc(F)c(Cl)c3)c2cc1O. The number of rotatable bonds is 3. The van der Waals surface area contributed by atoms with Crippen molar-refractivity contribution in [2.24, 2.45) is 0 Å². The predicted octanol–water partition coefficient (Wildman–Crippen LogP) is 3.39. The molecular formula is C16H11ClFN3O3. The molecule has 1 heterocycles. The number of phenolic OH excluding ortho intramolecular Hbond substituents is 1. The fourth-order valence-corrected chi connectivity index (χ4v) is 2.33. The summed E-state index contributed by atoms with van der Waals surface area (Å²) in [6.07, 6.45) is 1.27. The molecule has 2 N–H and O–H groups in total. The molecule has 0 unspecified atom stereocenters. The molecule has 0 saturated heterocycles. The minimum absolute atomic E-state index is 0.111. The van der Waals surface area contributed by atoms with Gasteiger partial charge in [0.2, 0.25) is 0 Å². The molecule has 2 aromatic carbocycles. The first-order chi connectivity index (χ1) is 11.5. The second kappa shape index (κ2) is 6.29. The number of hydrogen-bond acceptors (Lipinski definition) is 5. The summed E-state index contributed by atoms with van der Waals surface area (Å²) in [6, 6.07) is 6.54. The first-order valence-corrected chi connectivity index (χ1v) is 7.15. The topological polar surface area (TPSA) is 84.3 Å². The Morgan fingerprint density at radius 2 is 2.08 bits per heavy atom. The number of carbonyl (C=O) groups excluding carboxylic acids is 1. The molecule has 0 saturated carbocycles. The second-order valence-corrected chi connectivity index (χ2v) is 5.25. The molecule has 3 rings (SSSR count). The van der Waals surface area contributed by atoms with Gasteiger partial charge in [0.1, 0.15) is 18.0 Å². The van der Waals surface area contributed by atoms with Crippen LogP contribution in [0.25, 0.3) is 10.9 Å². The average Bonchev–Trinajstić information content (AvgIpc) is 2.57. The summed E-state index contributed by atoms with van der Waals surface area (Å²) in [5, 5.41) is 12.8. The third-order valence-corrected chi connectivity index (χ3v) is 3.64. The zero-order valence-corrected chi connectivity index (χ0v) is 13.1. The van der Waals surface area contributed by atoms with Crippen molar-refractivity contribution in [1.29, 1.82) is 0 Å². The number of nitrogens with one attached hydrogen (secondary N) is 1. The lowest BCUT2D eigenvalue weighted by molar-refractivity contribution is 0.102. The van der Waals surface area contributed by atoms with Gasteiger partial charge in [0.05, 0.1) is 17.6 Å². The molecule has 0 radical (unpaired) electrons. The van der Waals surface area contributed by atoms with Gasteiger partial charge in [0.15, 0.2) is 11.5 Å². The van der Waals surface area contributed by atoms with Crippen LogP contribution in [0.15, 0.2) is 36.7 Å². The third-order valence-electron chi connectivity index (χ3n) is 3.35. The van der Waals surface area contributed by atoms with E-state index >= 15 is 0 Å². The van der Waals surface area contributed by atoms with Crippen LogP contribution in [0, 0.1) is 5.82 Å². The maximum atomic E-state index is 13.2. The Labute approximate surface area is 140 Å². The molecule has 0 fully saturated rings. The summed E-state index contributed by atoms with van der Waals surface area (Å²) < 4.78 is 18.2. The van der Waals surface area contributed by atoms with Crippen molar-refractivity contribution in [3.05, 3.63) is 53.1 Å². The minimum atomic E-state index is -0.613. The number of amides is 1. The standard InChI is InChI=1S/C16H11ClFN3O3/c1-24-14-6-12-9(5-13(14)22)15(20-7-19-12)21-16(23)8-2-3-11(18)10(17)4-8/h2-7,22H,1H3,(H,19,20,21,23). The molecule has 0 bridgehead atoms. The molecule has 0 aliphatic heterocycles. The van der Waals surface area contributed by atoms with Crippen LogP contribution in [0.3, 0.4) is 0 Å². The van der Waals surface area contributed by atoms with E-state index in [9.17, 15) is 14.3 Å². The molecule has 1 amide bonds. The number of aromatic hydroxyl groups is 1. The number of fused-ring (bicyclic) bond motifs is 1. The molecule has 8 heteroatoms. The van der Waals surface area contributed by atoms with E-state index in [1.54, 1.807) is 0 Å². The Kier molecular flexibility index (Phi) is 4.18. The van der Waals surface area contributed by atoms with Crippen molar-refractivity contribution < 1.29 is 19.0 Å². The van der Waals surface area contributed by atoms with E-state index < -0.39 is 11.7 Å². The lowest BCUT2D eigenvalue weighted by Crippen LogP contribution is -2.13. The van der Waals surface area contributed by atoms with Gasteiger partial charge >= 0.3 is 0 Å². The van der Waals surface area contributed by atoms with E-state index in [0.717, 1.165) is 6.07 Å². The summed E-state index contributed by atoms with van der Waals surface area (Å²) in [7, 11) is 1.42. The average molecular weight is 348 g/mol. The Hall–Kier alpha value is -2.93. The van der Waals surface area contributed by atoms with Gasteiger partial charge in [-0.05, 0) is 24.3 Å². The number of methoxy groups -OCH3 is 1. The number of nitrogens with zero attached hydrogens (tertiary/aromatic N) is 2. The number of halogens is 2. The van der Waals surface area contributed by atoms with Crippen LogP contribution in [-0.2, 0) is 0 Å². The van der Waals surface area contributed by atoms with Gasteiger partial charge in [-0.15, -0.1) is 0 Å². The molecular weight excluding hydrogens is 337 g/mol. The van der Waals surface area contributed by atoms with E-state index in [1.165, 1.54) is 37.7 Å². The van der Waals surface area contributed by atoms with Crippen LogP contribution < -0.4 is 10.1 Å². The number of anilines is 1. The fourth-order valence-electron chi connectivity index (χ4n) is 2.15. The largest absolute Gasteiger partial charge is 0.504 e. The third kappa shape index (κ3) is 2.93. The maximum absolute atomic E-state index is 13.2. The predicted molar refractivity (Wildman–Crippen MR) is 87.1 cm³/mol. The number of carbonyl (C=O) groups is 1. The first kappa shape index (κ1) is 15.9. The number of benzene rings is 2. The van der Waals surface area contributed by atoms with Crippen molar-refractivity contribution >= 4 is 34.2 Å². The highest BCUT2D eigenvalue weighted by Crippen LogP contribution is 2.32. The highest BCUT2D eigenvalue weighted by Gasteiger charge is 2.14. The molecule has 122 valence electrons. The Morgan fingerprint density at radius 3 is 2.79 bits per heavy atom. The van der Waals surface area contributed by atoms with E-state index in [1.807, 2.05) is 0 Å². The fraction of sp³-hybridized carbons (Fsp3) is 0.0625. The van der Waals surface area contributed by atoms with Crippen molar-refractivity contribution in [2.75, 3.05) is 12.4 Å². The maximum Gasteiger partial charge on any atom is 0.256 e. The smallest absolute Gasteiger partial charge is 0.256 e. The molecule has 0 aliphatic carbocycles. The number of ether oxygens (including phenoxy) is 1. The van der Waals surface area contributed by atoms with Crippen molar-refractivity contribution in [3.63, 3.8) is 0 Å². The van der Waals surface area contributed by atoms with Crippen molar-refractivity contribution in [2.45, 2.75) is 0 Å². The van der Waals surface area contributed by atoms with Crippen LogP contribution in [0.5, 0.6) is 11.5 Å². The molecule has 0 spiro atoms. The van der Waals surface area contributed by atoms with Crippen LogP contribution in [0.2, 0.25) is 5.02 Å². The molecule has 1 aromatic heterocycles. The van der Waals surface area contributed by atoms with E-state index in [0.29, 0.717) is 10.9 Å². The van der Waals surface area contributed by atoms with Gasteiger partial charge in [-0.3, -0.25) is 4.79 Å². The van der Waals surface area contributed by atoms with Crippen LogP contribution in [0.4, 0.5) is 10.2 Å². The summed E-state index contributed by atoms with van der Waals surface area (Å²) in [4.78, 5) is 20.4. The summed E-state index contributed by atoms with van der Waals surface area (Å²) in [6.45, 7) is 0. The summed E-state index contributed by atoms with van der Waals surface area (Å²) in [5.41, 5.74) is 0.651. The van der Waals surface area contributed by atoms with Gasteiger partial charge in [0.25, 0.3) is 5.91 Å². The quantitative estimate of drug-likeness (QED) is 0.758. The Bertz CT molecular complexity index is 949. The molecule has 0 aliphatic rings. The highest BCUT2D eigenvalue weighted by molar-refractivity contribution is 6.31. The molecule has 24 heavy (non-hydrogen) atoms. The molecule has 3 aromatic rings. The zero-order valence-electron chi connectivity index (χ0n) is 12.4. The lowest BCUT2D eigenvalue weighted by Gasteiger charge is -2.10. The molecule has 0 atom stereocenters. The first-order valence-electron chi connectivity index (χ1n) is 6.77. The van der Waals surface area contributed by atoms with Crippen LogP contribution in [-0.4, -0.2) is 28.1 Å². The normalized spacial score (nSPS) is 10.6. The van der Waals surface area contributed by atoms with Gasteiger partial charge in [-0.25, -0.2) is 14.4 Å². The van der Waals surface area contributed by atoms with Crippen molar-refractivity contribution in [1.82, 2.24) is 9.97 Å². The minimum Gasteiger partial charge on any atom is -0.504 e. The Balaban J connectivity index is 1.99. The van der Waals surface area contributed by atoms with Crippen LogP contribution >= 0.6 is 11.6 Å².